The van der Waals surface area contributed by atoms with Gasteiger partial charge in [0.2, 0.25) is 5.91 Å². The number of halogens is 3. The van der Waals surface area contributed by atoms with Crippen LogP contribution >= 0.6 is 11.8 Å². The minimum absolute atomic E-state index is 0.0573. The van der Waals surface area contributed by atoms with Crippen molar-refractivity contribution in [2.24, 2.45) is 0 Å². The third kappa shape index (κ3) is 7.06. The fraction of sp³-hybridized carbons (Fsp3) is 0.381. The zero-order chi connectivity index (χ0) is 20.7. The van der Waals surface area contributed by atoms with E-state index in [2.05, 4.69) is 22.3 Å². The van der Waals surface area contributed by atoms with Crippen molar-refractivity contribution in [3.8, 4) is 0 Å². The molecule has 1 aliphatic rings. The summed E-state index contributed by atoms with van der Waals surface area (Å²) in [5.41, 5.74) is 0.520. The Morgan fingerprint density at radius 3 is 2.72 bits per heavy atom. The predicted molar refractivity (Wildman–Crippen MR) is 107 cm³/mol. The van der Waals surface area contributed by atoms with Crippen molar-refractivity contribution < 1.29 is 22.7 Å². The minimum Gasteiger partial charge on any atom is -0.374 e. The summed E-state index contributed by atoms with van der Waals surface area (Å²) in [6, 6.07) is 15.2. The molecule has 1 unspecified atom stereocenters. The highest BCUT2D eigenvalue weighted by molar-refractivity contribution is 8.00. The second-order valence-electron chi connectivity index (χ2n) is 6.83. The van der Waals surface area contributed by atoms with Gasteiger partial charge in [-0.2, -0.15) is 13.2 Å². The third-order valence-corrected chi connectivity index (χ3v) is 5.52. The summed E-state index contributed by atoms with van der Waals surface area (Å²) in [5.74, 6) is -0.168. The van der Waals surface area contributed by atoms with Gasteiger partial charge in [-0.25, -0.2) is 0 Å². The van der Waals surface area contributed by atoms with Crippen molar-refractivity contribution in [1.82, 2.24) is 10.2 Å². The number of nitrogens with one attached hydrogen (secondary N) is 1. The zero-order valence-electron chi connectivity index (χ0n) is 15.8. The molecule has 1 N–H and O–H groups in total. The highest BCUT2D eigenvalue weighted by Gasteiger charge is 2.30. The van der Waals surface area contributed by atoms with Gasteiger partial charge in [0.25, 0.3) is 0 Å². The van der Waals surface area contributed by atoms with E-state index in [1.165, 1.54) is 11.6 Å². The smallest absolute Gasteiger partial charge is 0.374 e. The molecule has 0 spiro atoms. The molecule has 29 heavy (non-hydrogen) atoms. The molecule has 3 rings (SSSR count). The van der Waals surface area contributed by atoms with E-state index < -0.39 is 11.7 Å². The fourth-order valence-electron chi connectivity index (χ4n) is 3.08. The lowest BCUT2D eigenvalue weighted by molar-refractivity contribution is -0.137. The summed E-state index contributed by atoms with van der Waals surface area (Å²) in [6.45, 7) is 3.38. The van der Waals surface area contributed by atoms with E-state index in [1.54, 1.807) is 6.07 Å². The number of hydrogen-bond acceptors (Lipinski definition) is 4. The van der Waals surface area contributed by atoms with Crippen molar-refractivity contribution in [3.63, 3.8) is 0 Å². The maximum absolute atomic E-state index is 12.8. The summed E-state index contributed by atoms with van der Waals surface area (Å²) < 4.78 is 44.0. The maximum atomic E-state index is 12.8. The molecule has 0 bridgehead atoms. The molecule has 0 saturated carbocycles. The number of thioether (sulfide) groups is 1. The number of benzene rings is 2. The van der Waals surface area contributed by atoms with Crippen LogP contribution in [-0.4, -0.2) is 48.9 Å². The van der Waals surface area contributed by atoms with Crippen LogP contribution in [0.15, 0.2) is 59.5 Å². The first-order valence-electron chi connectivity index (χ1n) is 9.35. The lowest BCUT2D eigenvalue weighted by Gasteiger charge is -2.33. The van der Waals surface area contributed by atoms with E-state index in [1.807, 2.05) is 18.2 Å². The monoisotopic (exact) mass is 424 g/mol. The second kappa shape index (κ2) is 10.1. The van der Waals surface area contributed by atoms with E-state index >= 15 is 0 Å². The van der Waals surface area contributed by atoms with Gasteiger partial charge in [0.05, 0.1) is 24.0 Å². The fourth-order valence-corrected chi connectivity index (χ4v) is 3.86. The SMILES string of the molecule is O=C(CSc1cccc(C(F)(F)F)c1)NCC1CN(Cc2ccccc2)CCO1. The van der Waals surface area contributed by atoms with Gasteiger partial charge in [0.15, 0.2) is 0 Å². The Morgan fingerprint density at radius 2 is 1.97 bits per heavy atom. The van der Waals surface area contributed by atoms with Crippen LogP contribution in [0.5, 0.6) is 0 Å². The van der Waals surface area contributed by atoms with Crippen molar-refractivity contribution >= 4 is 17.7 Å². The van der Waals surface area contributed by atoms with Gasteiger partial charge in [0.1, 0.15) is 0 Å². The first-order valence-corrected chi connectivity index (χ1v) is 10.3. The lowest BCUT2D eigenvalue weighted by Crippen LogP contribution is -2.47. The molecule has 1 aliphatic heterocycles. The lowest BCUT2D eigenvalue weighted by atomic mass is 10.2. The van der Waals surface area contributed by atoms with E-state index in [4.69, 9.17) is 4.74 Å². The van der Waals surface area contributed by atoms with E-state index in [-0.39, 0.29) is 17.8 Å². The third-order valence-electron chi connectivity index (χ3n) is 4.53. The Hall–Kier alpha value is -2.03. The highest BCUT2D eigenvalue weighted by Crippen LogP contribution is 2.31. The van der Waals surface area contributed by atoms with Gasteiger partial charge >= 0.3 is 6.18 Å². The van der Waals surface area contributed by atoms with Gasteiger partial charge in [0, 0.05) is 31.1 Å². The number of alkyl halides is 3. The highest BCUT2D eigenvalue weighted by atomic mass is 32.2. The number of hydrogen-bond donors (Lipinski definition) is 1. The summed E-state index contributed by atoms with van der Waals surface area (Å²) in [7, 11) is 0. The molecule has 8 heteroatoms. The van der Waals surface area contributed by atoms with E-state index in [0.29, 0.717) is 18.0 Å². The average molecular weight is 424 g/mol. The molecule has 2 aromatic rings. The summed E-state index contributed by atoms with van der Waals surface area (Å²) in [4.78, 5) is 14.8. The molecule has 0 aromatic heterocycles. The van der Waals surface area contributed by atoms with Crippen LogP contribution in [0.1, 0.15) is 11.1 Å². The topological polar surface area (TPSA) is 41.6 Å². The average Bonchev–Trinajstić information content (AvgIpc) is 2.71. The van der Waals surface area contributed by atoms with Crippen molar-refractivity contribution in [2.45, 2.75) is 23.7 Å². The molecule has 2 aromatic carbocycles. The molecule has 1 atom stereocenters. The quantitative estimate of drug-likeness (QED) is 0.687. The Kier molecular flexibility index (Phi) is 7.57. The van der Waals surface area contributed by atoms with Crippen LogP contribution in [-0.2, 0) is 22.3 Å². The summed E-state index contributed by atoms with van der Waals surface area (Å²) in [5, 5.41) is 2.82. The first-order chi connectivity index (χ1) is 13.9. The van der Waals surface area contributed by atoms with Crippen molar-refractivity contribution in [3.05, 3.63) is 65.7 Å². The standard InChI is InChI=1S/C21H23F3N2O2S/c22-21(23,24)17-7-4-8-19(11-17)29-15-20(27)25-12-18-14-26(9-10-28-18)13-16-5-2-1-3-6-16/h1-8,11,18H,9-10,12-15H2,(H,25,27). The Labute approximate surface area is 172 Å². The molecule has 1 heterocycles. The van der Waals surface area contributed by atoms with Crippen LogP contribution in [0.3, 0.4) is 0 Å². The Morgan fingerprint density at radius 1 is 1.17 bits per heavy atom. The number of ether oxygens (including phenoxy) is 1. The van der Waals surface area contributed by atoms with Gasteiger partial charge in [-0.3, -0.25) is 9.69 Å². The zero-order valence-corrected chi connectivity index (χ0v) is 16.6. The van der Waals surface area contributed by atoms with E-state index in [0.717, 1.165) is 43.5 Å². The van der Waals surface area contributed by atoms with Gasteiger partial charge in [-0.1, -0.05) is 36.4 Å². The number of carbonyl (C=O) groups excluding carboxylic acids is 1. The first kappa shape index (κ1) is 21.7. The largest absolute Gasteiger partial charge is 0.416 e. The number of rotatable bonds is 7. The molecule has 1 fully saturated rings. The normalized spacial score (nSPS) is 17.8. The van der Waals surface area contributed by atoms with Crippen LogP contribution in [0.25, 0.3) is 0 Å². The Bertz CT molecular complexity index is 802. The van der Waals surface area contributed by atoms with Gasteiger partial charge in [-0.05, 0) is 23.8 Å². The van der Waals surface area contributed by atoms with Gasteiger partial charge < -0.3 is 10.1 Å². The molecule has 0 radical (unpaired) electrons. The molecule has 1 saturated heterocycles. The molecule has 1 amide bonds. The molecular formula is C21H23F3N2O2S. The van der Waals surface area contributed by atoms with Crippen LogP contribution in [0, 0.1) is 0 Å². The maximum Gasteiger partial charge on any atom is 0.416 e. The number of carbonyl (C=O) groups is 1. The number of amides is 1. The van der Waals surface area contributed by atoms with Crippen LogP contribution in [0.4, 0.5) is 13.2 Å². The van der Waals surface area contributed by atoms with E-state index in [9.17, 15) is 18.0 Å². The number of nitrogens with zero attached hydrogens (tertiary/aromatic N) is 1. The number of morpholine rings is 1. The van der Waals surface area contributed by atoms with Crippen LogP contribution < -0.4 is 5.32 Å². The summed E-state index contributed by atoms with van der Waals surface area (Å²) >= 11 is 1.08. The predicted octanol–water partition coefficient (Wildman–Crippen LogP) is 3.81. The van der Waals surface area contributed by atoms with Crippen molar-refractivity contribution in [1.29, 1.82) is 0 Å². The molecule has 0 aliphatic carbocycles. The minimum atomic E-state index is -4.39. The molecular weight excluding hydrogens is 401 g/mol. The molecule has 4 nitrogen and oxygen atoms in total. The van der Waals surface area contributed by atoms with Crippen molar-refractivity contribution in [2.75, 3.05) is 32.0 Å². The van der Waals surface area contributed by atoms with Gasteiger partial charge in [-0.15, -0.1) is 11.8 Å². The summed E-state index contributed by atoms with van der Waals surface area (Å²) in [6.07, 6.45) is -4.49. The second-order valence-corrected chi connectivity index (χ2v) is 7.88. The van der Waals surface area contributed by atoms with Crippen LogP contribution in [0.2, 0.25) is 0 Å². The molecule has 156 valence electrons. The Balaban J connectivity index is 1.41.